The number of ether oxygens (including phenoxy) is 3. The average molecular weight is 1060 g/mol. The zero-order chi connectivity index (χ0) is 55.7. The van der Waals surface area contributed by atoms with Gasteiger partial charge in [0.2, 0.25) is 11.9 Å². The van der Waals surface area contributed by atoms with Crippen molar-refractivity contribution in [3.63, 3.8) is 0 Å². The Bertz CT molecular complexity index is 3620. The van der Waals surface area contributed by atoms with Crippen LogP contribution in [0.1, 0.15) is 94.7 Å². The Hall–Kier alpha value is -9.38. The first-order chi connectivity index (χ1) is 37.8. The lowest BCUT2D eigenvalue weighted by Crippen LogP contribution is -2.28. The highest BCUT2D eigenvalue weighted by Crippen LogP contribution is 2.40. The minimum atomic E-state index is -1.24. The first-order valence-corrected chi connectivity index (χ1v) is 25.5. The number of hydrogen-bond donors (Lipinski definition) is 3. The lowest BCUT2D eigenvalue weighted by molar-refractivity contribution is -0.153. The monoisotopic (exact) mass is 1060 g/mol. The maximum absolute atomic E-state index is 12.7. The summed E-state index contributed by atoms with van der Waals surface area (Å²) < 4.78 is 19.5. The summed E-state index contributed by atoms with van der Waals surface area (Å²) in [5, 5.41) is 45.1. The van der Waals surface area contributed by atoms with Crippen LogP contribution in [0.25, 0.3) is 50.1 Å². The molecule has 6 heterocycles. The van der Waals surface area contributed by atoms with Crippen molar-refractivity contribution in [2.24, 2.45) is 0 Å². The van der Waals surface area contributed by atoms with Crippen molar-refractivity contribution in [3.8, 4) is 57.4 Å². The molecule has 1 aliphatic rings. The SMILES string of the molecule is COCc1cccc(Cn2cc(-c3cc(-c4cccc(C#[N+]C5CCC(O)(c6cccc(Cn7cc(-c8cc(-c9cccc(C#N)c9)nc(NCC(=O)OC(C)(C)C)n8)nn7)n6)C5)c4)nc(NCC(=O)OC(C)(C)C)n3)nn2)n1. The summed E-state index contributed by atoms with van der Waals surface area (Å²) in [5.74, 6) is -0.587. The van der Waals surface area contributed by atoms with Gasteiger partial charge >= 0.3 is 18.0 Å². The second-order valence-corrected chi connectivity index (χ2v) is 20.9. The first kappa shape index (κ1) is 54.4. The number of carbonyl (C=O) groups is 2. The minimum absolute atomic E-state index is 0.162. The summed E-state index contributed by atoms with van der Waals surface area (Å²) in [6.45, 7) is 11.4. The number of nitrogens with zero attached hydrogens (tertiary/aromatic N) is 14. The lowest BCUT2D eigenvalue weighted by Gasteiger charge is -2.20. The number of aromatic nitrogens is 12. The highest BCUT2D eigenvalue weighted by atomic mass is 16.6. The van der Waals surface area contributed by atoms with Crippen molar-refractivity contribution in [2.45, 2.75) is 103 Å². The summed E-state index contributed by atoms with van der Waals surface area (Å²) in [5.41, 5.74) is 5.61. The smallest absolute Gasteiger partial charge is 0.325 e. The number of aliphatic hydroxyl groups is 1. The largest absolute Gasteiger partial charge is 0.459 e. The maximum atomic E-state index is 12.7. The summed E-state index contributed by atoms with van der Waals surface area (Å²) in [6, 6.07) is 34.5. The highest BCUT2D eigenvalue weighted by Gasteiger charge is 2.45. The van der Waals surface area contributed by atoms with Gasteiger partial charge in [-0.3, -0.25) is 19.6 Å². The molecule has 402 valence electrons. The van der Waals surface area contributed by atoms with E-state index in [1.54, 1.807) is 101 Å². The van der Waals surface area contributed by atoms with Crippen LogP contribution in [0.4, 0.5) is 11.9 Å². The maximum Gasteiger partial charge on any atom is 0.325 e. The molecule has 2 atom stereocenters. The van der Waals surface area contributed by atoms with E-state index in [9.17, 15) is 20.0 Å². The molecule has 8 aromatic rings. The minimum Gasteiger partial charge on any atom is -0.459 e. The Morgan fingerprint density at radius 3 is 1.73 bits per heavy atom. The molecule has 22 heteroatoms. The molecule has 0 radical (unpaired) electrons. The first-order valence-electron chi connectivity index (χ1n) is 25.5. The number of hydrogen-bond acceptors (Lipinski definition) is 19. The summed E-state index contributed by atoms with van der Waals surface area (Å²) >= 11 is 0. The quantitative estimate of drug-likeness (QED) is 0.0738. The Morgan fingerprint density at radius 1 is 0.671 bits per heavy atom. The Labute approximate surface area is 456 Å². The van der Waals surface area contributed by atoms with Crippen molar-refractivity contribution >= 4 is 23.8 Å². The van der Waals surface area contributed by atoms with Crippen molar-refractivity contribution < 1.29 is 28.9 Å². The number of rotatable bonds is 17. The number of nitriles is 1. The molecule has 0 bridgehead atoms. The van der Waals surface area contributed by atoms with Crippen LogP contribution in [0.15, 0.2) is 109 Å². The molecule has 22 nitrogen and oxygen atoms in total. The lowest BCUT2D eigenvalue weighted by atomic mass is 9.96. The number of pyridine rings is 2. The van der Waals surface area contributed by atoms with Crippen molar-refractivity contribution in [2.75, 3.05) is 30.8 Å². The van der Waals surface area contributed by atoms with Crippen LogP contribution in [0, 0.1) is 17.4 Å². The third-order valence-electron chi connectivity index (χ3n) is 12.1. The normalized spacial score (nSPS) is 15.2. The van der Waals surface area contributed by atoms with Gasteiger partial charge < -0.3 is 30.0 Å². The van der Waals surface area contributed by atoms with Gasteiger partial charge in [0, 0.05) is 24.7 Å². The third kappa shape index (κ3) is 14.8. The molecule has 3 N–H and O–H groups in total. The molecule has 9 rings (SSSR count). The van der Waals surface area contributed by atoms with Gasteiger partial charge in [-0.15, -0.1) is 10.2 Å². The van der Waals surface area contributed by atoms with E-state index in [1.807, 2.05) is 66.7 Å². The Kier molecular flexibility index (Phi) is 16.2. The second kappa shape index (κ2) is 23.5. The molecular formula is C57H59N16O6+. The number of esters is 2. The van der Waals surface area contributed by atoms with Crippen LogP contribution in [-0.4, -0.2) is 114 Å². The van der Waals surface area contributed by atoms with E-state index in [4.69, 9.17) is 34.0 Å². The van der Waals surface area contributed by atoms with Crippen LogP contribution in [0.5, 0.6) is 0 Å². The molecule has 2 aromatic carbocycles. The third-order valence-corrected chi connectivity index (χ3v) is 12.1. The number of carbonyl (C=O) groups excluding carboxylic acids is 2. The standard InChI is InChI=1S/C57H59N16O6/c1-55(2,3)78-51(74)29-60-53-64-44(38-14-8-12-36(22-38)27-58)24-46(66-53)49-34-73(71-69-49)32-42-17-11-19-50(63-42)57(76)21-20-40(26-57)59-28-37-13-9-15-39(23-37)45-25-47(67-54(65-45)61-30-52(75)79-56(4,5)6)48-33-72(70-68-48)31-41-16-10-18-43(62-41)35-77-7/h8-19,22-25,33-34,40,76H,20-21,26,29-32,35H2,1-7H3,(H,60,64,66)(H,61,65,67)/q+1. The van der Waals surface area contributed by atoms with E-state index in [0.717, 1.165) is 17.0 Å². The van der Waals surface area contributed by atoms with Crippen LogP contribution in [-0.2, 0) is 49.1 Å². The molecule has 1 fully saturated rings. The van der Waals surface area contributed by atoms with Gasteiger partial charge in [0.05, 0.1) is 95.7 Å². The molecule has 6 aromatic heterocycles. The van der Waals surface area contributed by atoms with Crippen LogP contribution >= 0.6 is 0 Å². The van der Waals surface area contributed by atoms with Gasteiger partial charge in [-0.2, -0.15) is 5.26 Å². The molecule has 0 saturated heterocycles. The summed E-state index contributed by atoms with van der Waals surface area (Å²) in [6.07, 6.45) is 4.88. The van der Waals surface area contributed by atoms with Crippen molar-refractivity contribution in [1.29, 1.82) is 5.26 Å². The van der Waals surface area contributed by atoms with E-state index < -0.39 is 28.7 Å². The fourth-order valence-corrected chi connectivity index (χ4v) is 8.66. The zero-order valence-corrected chi connectivity index (χ0v) is 44.9. The summed E-state index contributed by atoms with van der Waals surface area (Å²) in [7, 11) is 1.62. The second-order valence-electron chi connectivity index (χ2n) is 20.9. The number of benzene rings is 2. The van der Waals surface area contributed by atoms with E-state index in [-0.39, 0.29) is 37.6 Å². The van der Waals surface area contributed by atoms with Crippen molar-refractivity contribution in [1.82, 2.24) is 59.9 Å². The molecule has 0 spiro atoms. The highest BCUT2D eigenvalue weighted by molar-refractivity contribution is 5.76. The van der Waals surface area contributed by atoms with Gasteiger partial charge in [0.15, 0.2) is 0 Å². The topological polar surface area (TPSA) is 273 Å². The molecule has 2 unspecified atom stereocenters. The van der Waals surface area contributed by atoms with Gasteiger partial charge in [-0.1, -0.05) is 51.7 Å². The van der Waals surface area contributed by atoms with E-state index in [2.05, 4.69) is 58.3 Å². The fourth-order valence-electron chi connectivity index (χ4n) is 8.66. The van der Waals surface area contributed by atoms with Crippen molar-refractivity contribution in [3.05, 3.63) is 148 Å². The van der Waals surface area contributed by atoms with E-state index in [1.165, 1.54) is 0 Å². The predicted molar refractivity (Wildman–Crippen MR) is 292 cm³/mol. The Morgan fingerprint density at radius 2 is 1.18 bits per heavy atom. The molecule has 0 aliphatic heterocycles. The van der Waals surface area contributed by atoms with Crippen LogP contribution < -0.4 is 10.6 Å². The number of methoxy groups -OCH3 is 1. The molecule has 0 amide bonds. The van der Waals surface area contributed by atoms with E-state index >= 15 is 0 Å². The number of anilines is 2. The van der Waals surface area contributed by atoms with Gasteiger partial charge in [-0.05, 0) is 109 Å². The Balaban J connectivity index is 0.892. The molecule has 1 aliphatic carbocycles. The molecular weight excluding hydrogens is 1000 g/mol. The zero-order valence-electron chi connectivity index (χ0n) is 44.9. The average Bonchev–Trinajstić information content (AvgIpc) is 4.26. The molecule has 79 heavy (non-hydrogen) atoms. The van der Waals surface area contributed by atoms with Gasteiger partial charge in [0.25, 0.3) is 6.04 Å². The fraction of sp³-hybridized carbons (Fsp3) is 0.333. The summed E-state index contributed by atoms with van der Waals surface area (Å²) in [4.78, 5) is 58.4. The van der Waals surface area contributed by atoms with Gasteiger partial charge in [-0.25, -0.2) is 29.3 Å². The van der Waals surface area contributed by atoms with Gasteiger partial charge in [0.1, 0.15) is 46.8 Å². The number of nitrogens with one attached hydrogen (secondary N) is 2. The predicted octanol–water partition coefficient (Wildman–Crippen LogP) is 7.65. The van der Waals surface area contributed by atoms with Crippen LogP contribution in [0.2, 0.25) is 0 Å². The van der Waals surface area contributed by atoms with Crippen LogP contribution in [0.3, 0.4) is 0 Å². The molecule has 1 saturated carbocycles. The van der Waals surface area contributed by atoms with E-state index in [0.29, 0.717) is 94.7 Å².